The molecular formula is C27H30N4O3S. The summed E-state index contributed by atoms with van der Waals surface area (Å²) < 4.78 is 8.30. The average molecular weight is 491 g/mol. The minimum atomic E-state index is -0.490. The Hall–Kier alpha value is -3.36. The smallest absolute Gasteiger partial charge is 0.308 e. The summed E-state index contributed by atoms with van der Waals surface area (Å²) in [5.41, 5.74) is 7.23. The van der Waals surface area contributed by atoms with E-state index in [4.69, 9.17) is 15.9 Å². The van der Waals surface area contributed by atoms with E-state index < -0.39 is 6.04 Å². The number of rotatable bonds is 8. The van der Waals surface area contributed by atoms with Crippen molar-refractivity contribution in [3.05, 3.63) is 77.9 Å². The lowest BCUT2D eigenvalue weighted by atomic mass is 9.96. The Morgan fingerprint density at radius 1 is 1.11 bits per heavy atom. The van der Waals surface area contributed by atoms with Crippen LogP contribution in [0, 0.1) is 11.3 Å². The molecule has 8 heteroatoms. The lowest BCUT2D eigenvalue weighted by molar-refractivity contribution is -0.149. The van der Waals surface area contributed by atoms with Gasteiger partial charge in [0.1, 0.15) is 11.9 Å². The van der Waals surface area contributed by atoms with Gasteiger partial charge in [-0.15, -0.1) is 0 Å². The van der Waals surface area contributed by atoms with Crippen molar-refractivity contribution in [2.75, 3.05) is 20.2 Å². The van der Waals surface area contributed by atoms with Gasteiger partial charge < -0.3 is 15.4 Å². The second-order valence-electron chi connectivity index (χ2n) is 8.69. The molecule has 1 unspecified atom stereocenters. The van der Waals surface area contributed by atoms with Gasteiger partial charge >= 0.3 is 5.97 Å². The van der Waals surface area contributed by atoms with Crippen LogP contribution in [0.4, 0.5) is 0 Å². The number of carbonyl (C=O) groups is 2. The molecule has 3 aromatic carbocycles. The van der Waals surface area contributed by atoms with E-state index in [2.05, 4.69) is 22.9 Å². The van der Waals surface area contributed by atoms with Crippen molar-refractivity contribution in [2.24, 2.45) is 11.7 Å². The molecule has 0 aliphatic carbocycles. The largest absolute Gasteiger partial charge is 0.469 e. The molecule has 1 atom stereocenters. The van der Waals surface area contributed by atoms with Gasteiger partial charge in [0.2, 0.25) is 5.91 Å². The van der Waals surface area contributed by atoms with E-state index in [-0.39, 0.29) is 23.6 Å². The third kappa shape index (κ3) is 6.01. The van der Waals surface area contributed by atoms with Crippen molar-refractivity contribution in [1.82, 2.24) is 9.62 Å². The van der Waals surface area contributed by atoms with Crippen LogP contribution in [0.2, 0.25) is 0 Å². The van der Waals surface area contributed by atoms with Gasteiger partial charge in [0, 0.05) is 23.5 Å². The number of esters is 1. The number of ether oxygens (including phenoxy) is 1. The molecule has 0 saturated carbocycles. The molecule has 0 spiro atoms. The molecule has 4 rings (SSSR count). The number of nitrogens with zero attached hydrogens (tertiary/aromatic N) is 1. The zero-order chi connectivity index (χ0) is 24.8. The summed E-state index contributed by atoms with van der Waals surface area (Å²) in [5, 5.41) is 10.0. The van der Waals surface area contributed by atoms with Crippen LogP contribution in [-0.2, 0) is 20.7 Å². The molecule has 35 heavy (non-hydrogen) atoms. The van der Waals surface area contributed by atoms with Gasteiger partial charge in [-0.3, -0.25) is 15.0 Å². The van der Waals surface area contributed by atoms with Gasteiger partial charge in [0.25, 0.3) is 0 Å². The summed E-state index contributed by atoms with van der Waals surface area (Å²) in [7, 11) is 1.40. The highest BCUT2D eigenvalue weighted by Gasteiger charge is 2.31. The maximum Gasteiger partial charge on any atom is 0.308 e. The molecule has 3 aromatic rings. The zero-order valence-electron chi connectivity index (χ0n) is 19.7. The Labute approximate surface area is 209 Å². The highest BCUT2D eigenvalue weighted by molar-refractivity contribution is 7.97. The summed E-state index contributed by atoms with van der Waals surface area (Å²) in [6, 6.07) is 21.2. The highest BCUT2D eigenvalue weighted by Crippen LogP contribution is 2.27. The molecule has 1 fully saturated rings. The Bertz CT molecular complexity index is 1220. The second-order valence-corrected chi connectivity index (χ2v) is 9.57. The number of benzene rings is 3. The van der Waals surface area contributed by atoms with Gasteiger partial charge in [-0.2, -0.15) is 0 Å². The number of nitrogen functional groups attached to an aromatic ring is 1. The number of hydrogen-bond acceptors (Lipinski definition) is 6. The van der Waals surface area contributed by atoms with Crippen LogP contribution in [0.3, 0.4) is 0 Å². The Balaban J connectivity index is 1.53. The number of piperidine rings is 1. The van der Waals surface area contributed by atoms with E-state index in [0.717, 1.165) is 21.2 Å². The van der Waals surface area contributed by atoms with E-state index in [1.54, 1.807) is 6.07 Å². The summed E-state index contributed by atoms with van der Waals surface area (Å²) in [4.78, 5) is 28.4. The average Bonchev–Trinajstić information content (AvgIpc) is 2.90. The molecule has 0 bridgehead atoms. The van der Waals surface area contributed by atoms with Crippen molar-refractivity contribution in [2.45, 2.75) is 30.2 Å². The van der Waals surface area contributed by atoms with Crippen LogP contribution in [0.1, 0.15) is 24.0 Å². The molecular weight excluding hydrogens is 460 g/mol. The van der Waals surface area contributed by atoms with Crippen LogP contribution >= 0.6 is 11.9 Å². The third-order valence-electron chi connectivity index (χ3n) is 6.38. The number of likely N-dealkylation sites (tertiary alicyclic amines) is 1. The van der Waals surface area contributed by atoms with Gasteiger partial charge in [-0.1, -0.05) is 54.6 Å². The zero-order valence-corrected chi connectivity index (χ0v) is 20.5. The Morgan fingerprint density at radius 3 is 2.57 bits per heavy atom. The van der Waals surface area contributed by atoms with Crippen LogP contribution in [-0.4, -0.2) is 48.9 Å². The molecule has 1 saturated heterocycles. The minimum absolute atomic E-state index is 0.00213. The van der Waals surface area contributed by atoms with Crippen molar-refractivity contribution in [3.8, 4) is 0 Å². The minimum Gasteiger partial charge on any atom is -0.469 e. The second kappa shape index (κ2) is 11.4. The number of amidine groups is 1. The Kier molecular flexibility index (Phi) is 8.05. The first-order valence-corrected chi connectivity index (χ1v) is 12.5. The summed E-state index contributed by atoms with van der Waals surface area (Å²) in [6.07, 6.45) is 1.65. The lowest BCUT2D eigenvalue weighted by Gasteiger charge is -2.33. The molecule has 4 N–H and O–H groups in total. The van der Waals surface area contributed by atoms with Gasteiger partial charge in [-0.25, -0.2) is 4.72 Å². The van der Waals surface area contributed by atoms with Gasteiger partial charge in [0.15, 0.2) is 0 Å². The fourth-order valence-electron chi connectivity index (χ4n) is 4.42. The SMILES string of the molecule is COC(=O)C1CCN(C(=O)C(Cc2cccc(C(=N)N)c2)NSc2cccc3ccccc23)CC1. The number of amides is 1. The van der Waals surface area contributed by atoms with E-state index in [1.165, 1.54) is 19.1 Å². The normalized spacial score (nSPS) is 15.1. The molecule has 7 nitrogen and oxygen atoms in total. The number of nitrogens with two attached hydrogens (primary N) is 1. The number of carbonyl (C=O) groups excluding carboxylic acids is 2. The molecule has 1 aliphatic heterocycles. The van der Waals surface area contributed by atoms with Crippen molar-refractivity contribution in [3.63, 3.8) is 0 Å². The summed E-state index contributed by atoms with van der Waals surface area (Å²) >= 11 is 1.45. The summed E-state index contributed by atoms with van der Waals surface area (Å²) in [6.45, 7) is 1.03. The first-order chi connectivity index (χ1) is 17.0. The van der Waals surface area contributed by atoms with E-state index in [0.29, 0.717) is 37.9 Å². The molecule has 1 amide bonds. The van der Waals surface area contributed by atoms with Crippen LogP contribution in [0.25, 0.3) is 10.8 Å². The van der Waals surface area contributed by atoms with Crippen molar-refractivity contribution >= 4 is 40.4 Å². The summed E-state index contributed by atoms with van der Waals surface area (Å²) in [5.74, 6) is -0.376. The van der Waals surface area contributed by atoms with Crippen molar-refractivity contribution < 1.29 is 14.3 Å². The van der Waals surface area contributed by atoms with Crippen LogP contribution in [0.15, 0.2) is 71.6 Å². The predicted octanol–water partition coefficient (Wildman–Crippen LogP) is 3.74. The first kappa shape index (κ1) is 24.8. The molecule has 0 aromatic heterocycles. The molecule has 1 aliphatic rings. The number of fused-ring (bicyclic) bond motifs is 1. The standard InChI is InChI=1S/C27H30N4O3S/c1-34-27(33)20-12-14-31(15-13-20)26(32)23(17-18-6-4-9-21(16-18)25(28)29)30-35-24-11-5-8-19-7-2-3-10-22(19)24/h2-11,16,20,23,30H,12-15,17H2,1H3,(H3,28,29). The quantitative estimate of drug-likeness (QED) is 0.192. The molecule has 182 valence electrons. The maximum atomic E-state index is 13.6. The Morgan fingerprint density at radius 2 is 1.83 bits per heavy atom. The number of nitrogens with one attached hydrogen (secondary N) is 2. The van der Waals surface area contributed by atoms with E-state index in [1.807, 2.05) is 47.4 Å². The fourth-order valence-corrected chi connectivity index (χ4v) is 5.32. The highest BCUT2D eigenvalue weighted by atomic mass is 32.2. The van der Waals surface area contributed by atoms with E-state index >= 15 is 0 Å². The van der Waals surface area contributed by atoms with E-state index in [9.17, 15) is 9.59 Å². The van der Waals surface area contributed by atoms with Crippen molar-refractivity contribution in [1.29, 1.82) is 5.41 Å². The van der Waals surface area contributed by atoms with Crippen LogP contribution < -0.4 is 10.5 Å². The maximum absolute atomic E-state index is 13.6. The molecule has 1 heterocycles. The van der Waals surface area contributed by atoms with Gasteiger partial charge in [0.05, 0.1) is 13.0 Å². The number of methoxy groups -OCH3 is 1. The lowest BCUT2D eigenvalue weighted by Crippen LogP contribution is -2.49. The molecule has 0 radical (unpaired) electrons. The van der Waals surface area contributed by atoms with Gasteiger partial charge in [-0.05, 0) is 59.7 Å². The fraction of sp³-hybridized carbons (Fsp3) is 0.296. The topological polar surface area (TPSA) is 109 Å². The third-order valence-corrected chi connectivity index (χ3v) is 7.36. The van der Waals surface area contributed by atoms with Crippen LogP contribution in [0.5, 0.6) is 0 Å². The predicted molar refractivity (Wildman–Crippen MR) is 139 cm³/mol. The number of hydrogen-bond donors (Lipinski definition) is 3. The first-order valence-electron chi connectivity index (χ1n) is 11.7. The monoisotopic (exact) mass is 490 g/mol.